The normalized spacial score (nSPS) is 13.4. The molecule has 0 fully saturated rings. The van der Waals surface area contributed by atoms with E-state index >= 15 is 0 Å². The molecule has 0 aliphatic carbocycles. The molecule has 2 aromatic carbocycles. The van der Waals surface area contributed by atoms with Gasteiger partial charge in [-0.3, -0.25) is 9.79 Å². The van der Waals surface area contributed by atoms with Crippen molar-refractivity contribution in [2.45, 2.75) is 12.3 Å². The molecule has 1 amide bonds. The van der Waals surface area contributed by atoms with Gasteiger partial charge in [-0.2, -0.15) is 0 Å². The lowest BCUT2D eigenvalue weighted by atomic mass is 10.0. The van der Waals surface area contributed by atoms with E-state index in [9.17, 15) is 4.79 Å². The second kappa shape index (κ2) is 7.65. The lowest BCUT2D eigenvalue weighted by Crippen LogP contribution is -2.15. The lowest BCUT2D eigenvalue weighted by Gasteiger charge is -2.08. The summed E-state index contributed by atoms with van der Waals surface area (Å²) in [6.45, 7) is 0. The number of carbonyl (C=O) groups is 1. The van der Waals surface area contributed by atoms with Gasteiger partial charge in [-0.25, -0.2) is 4.98 Å². The number of anilines is 1. The summed E-state index contributed by atoms with van der Waals surface area (Å²) in [4.78, 5) is 21.7. The molecule has 3 heterocycles. The zero-order valence-corrected chi connectivity index (χ0v) is 16.6. The molecule has 0 unspecified atom stereocenters. The van der Waals surface area contributed by atoms with E-state index in [1.807, 2.05) is 71.6 Å². The van der Waals surface area contributed by atoms with Gasteiger partial charge in [-0.1, -0.05) is 12.1 Å². The first-order valence-corrected chi connectivity index (χ1v) is 9.99. The standard InChI is InChI=1S/C23H17ClN4O2/c24-13-17-14-30-23(25-17)16-5-3-4-15(10-16)20-12-22(29)27-21-11-18(6-7-19(21)26-20)28-8-1-2-9-28/h1-11,14H,12-13H2,(H,27,29). The van der Waals surface area contributed by atoms with Crippen molar-refractivity contribution in [1.82, 2.24) is 9.55 Å². The maximum atomic E-state index is 12.6. The molecule has 2 aromatic heterocycles. The molecule has 0 saturated heterocycles. The smallest absolute Gasteiger partial charge is 0.230 e. The topological polar surface area (TPSA) is 72.4 Å². The largest absolute Gasteiger partial charge is 0.444 e. The summed E-state index contributed by atoms with van der Waals surface area (Å²) in [6, 6.07) is 17.4. The van der Waals surface area contributed by atoms with E-state index in [1.54, 1.807) is 6.26 Å². The highest BCUT2D eigenvalue weighted by atomic mass is 35.5. The SMILES string of the molecule is O=C1CC(c2cccc(-c3nc(CCl)co3)c2)=Nc2ccc(-n3cccc3)cc2N1. The second-order valence-corrected chi connectivity index (χ2v) is 7.20. The molecule has 0 spiro atoms. The zero-order chi connectivity index (χ0) is 20.5. The summed E-state index contributed by atoms with van der Waals surface area (Å²) in [5.41, 5.74) is 5.38. The number of hydrogen-bond acceptors (Lipinski definition) is 4. The molecule has 5 rings (SSSR count). The van der Waals surface area contributed by atoms with Crippen molar-refractivity contribution in [3.05, 3.63) is 84.5 Å². The molecule has 30 heavy (non-hydrogen) atoms. The van der Waals surface area contributed by atoms with Crippen LogP contribution in [0.25, 0.3) is 17.1 Å². The number of carbonyl (C=O) groups excluding carboxylic acids is 1. The molecular weight excluding hydrogens is 400 g/mol. The third kappa shape index (κ3) is 3.53. The Balaban J connectivity index is 1.53. The fourth-order valence-corrected chi connectivity index (χ4v) is 3.54. The Labute approximate surface area is 177 Å². The van der Waals surface area contributed by atoms with Crippen molar-refractivity contribution in [1.29, 1.82) is 0 Å². The lowest BCUT2D eigenvalue weighted by molar-refractivity contribution is -0.115. The Morgan fingerprint density at radius 2 is 1.90 bits per heavy atom. The molecule has 1 N–H and O–H groups in total. The van der Waals surface area contributed by atoms with Crippen LogP contribution in [0, 0.1) is 0 Å². The molecule has 1 aliphatic heterocycles. The molecule has 4 aromatic rings. The minimum atomic E-state index is -0.108. The highest BCUT2D eigenvalue weighted by Crippen LogP contribution is 2.32. The molecule has 0 radical (unpaired) electrons. The molecule has 0 bridgehead atoms. The Morgan fingerprint density at radius 3 is 2.70 bits per heavy atom. The summed E-state index contributed by atoms with van der Waals surface area (Å²) in [6.07, 6.45) is 5.64. The number of hydrogen-bond donors (Lipinski definition) is 1. The van der Waals surface area contributed by atoms with Gasteiger partial charge in [0.05, 0.1) is 35.1 Å². The zero-order valence-electron chi connectivity index (χ0n) is 15.9. The number of amides is 1. The summed E-state index contributed by atoms with van der Waals surface area (Å²) in [7, 11) is 0. The molecule has 0 atom stereocenters. The number of aromatic nitrogens is 2. The first-order valence-electron chi connectivity index (χ1n) is 9.45. The molecule has 0 saturated carbocycles. The number of fused-ring (bicyclic) bond motifs is 1. The molecular formula is C23H17ClN4O2. The Hall–Kier alpha value is -3.64. The number of nitrogens with one attached hydrogen (secondary N) is 1. The highest BCUT2D eigenvalue weighted by molar-refractivity contribution is 6.17. The number of aliphatic imine (C=N–C) groups is 1. The first kappa shape index (κ1) is 18.4. The maximum absolute atomic E-state index is 12.6. The Kier molecular flexibility index (Phi) is 4.69. The van der Waals surface area contributed by atoms with E-state index in [-0.39, 0.29) is 18.2 Å². The van der Waals surface area contributed by atoms with Gasteiger partial charge in [0.15, 0.2) is 0 Å². The van der Waals surface area contributed by atoms with Crippen LogP contribution >= 0.6 is 11.6 Å². The van der Waals surface area contributed by atoms with E-state index in [4.69, 9.17) is 21.0 Å². The maximum Gasteiger partial charge on any atom is 0.230 e. The molecule has 1 aliphatic rings. The third-order valence-corrected chi connectivity index (χ3v) is 5.15. The van der Waals surface area contributed by atoms with Crippen LogP contribution in [-0.2, 0) is 10.7 Å². The van der Waals surface area contributed by atoms with Crippen LogP contribution < -0.4 is 5.32 Å². The highest BCUT2D eigenvalue weighted by Gasteiger charge is 2.19. The van der Waals surface area contributed by atoms with Crippen LogP contribution in [0.5, 0.6) is 0 Å². The van der Waals surface area contributed by atoms with E-state index < -0.39 is 0 Å². The van der Waals surface area contributed by atoms with E-state index in [0.717, 1.165) is 22.5 Å². The van der Waals surface area contributed by atoms with Gasteiger partial charge in [-0.15, -0.1) is 11.6 Å². The van der Waals surface area contributed by atoms with Crippen LogP contribution in [-0.4, -0.2) is 21.2 Å². The van der Waals surface area contributed by atoms with Gasteiger partial charge in [0.2, 0.25) is 11.8 Å². The van der Waals surface area contributed by atoms with Crippen LogP contribution in [0.4, 0.5) is 11.4 Å². The number of oxazole rings is 1. The predicted octanol–water partition coefficient (Wildman–Crippen LogP) is 5.33. The van der Waals surface area contributed by atoms with Gasteiger partial charge in [0.25, 0.3) is 0 Å². The quantitative estimate of drug-likeness (QED) is 0.457. The predicted molar refractivity (Wildman–Crippen MR) is 117 cm³/mol. The van der Waals surface area contributed by atoms with E-state index in [0.29, 0.717) is 23.0 Å². The van der Waals surface area contributed by atoms with E-state index in [1.165, 1.54) is 0 Å². The van der Waals surface area contributed by atoms with Crippen LogP contribution in [0.2, 0.25) is 0 Å². The minimum absolute atomic E-state index is 0.108. The summed E-state index contributed by atoms with van der Waals surface area (Å²) >= 11 is 5.82. The van der Waals surface area contributed by atoms with Crippen LogP contribution in [0.1, 0.15) is 17.7 Å². The fraction of sp³-hybridized carbons (Fsp3) is 0.0870. The van der Waals surface area contributed by atoms with Gasteiger partial charge >= 0.3 is 0 Å². The van der Waals surface area contributed by atoms with Crippen molar-refractivity contribution >= 4 is 34.6 Å². The first-order chi connectivity index (χ1) is 14.7. The Bertz CT molecular complexity index is 1260. The van der Waals surface area contributed by atoms with Crippen LogP contribution in [0.3, 0.4) is 0 Å². The molecule has 6 nitrogen and oxygen atoms in total. The Morgan fingerprint density at radius 1 is 1.07 bits per heavy atom. The summed E-state index contributed by atoms with van der Waals surface area (Å²) < 4.78 is 7.50. The number of alkyl halides is 1. The fourth-order valence-electron chi connectivity index (χ4n) is 3.42. The third-order valence-electron chi connectivity index (χ3n) is 4.87. The minimum Gasteiger partial charge on any atom is -0.444 e. The number of rotatable bonds is 4. The number of nitrogens with zero attached hydrogens (tertiary/aromatic N) is 3. The molecule has 7 heteroatoms. The summed E-state index contributed by atoms with van der Waals surface area (Å²) in [5.74, 6) is 0.670. The van der Waals surface area contributed by atoms with E-state index in [2.05, 4.69) is 10.3 Å². The van der Waals surface area contributed by atoms with Gasteiger partial charge < -0.3 is 14.3 Å². The number of benzene rings is 2. The van der Waals surface area contributed by atoms with Crippen molar-refractivity contribution in [3.8, 4) is 17.1 Å². The van der Waals surface area contributed by atoms with Gasteiger partial charge in [-0.05, 0) is 48.0 Å². The van der Waals surface area contributed by atoms with Crippen molar-refractivity contribution < 1.29 is 9.21 Å². The average Bonchev–Trinajstić information content (AvgIpc) is 3.44. The van der Waals surface area contributed by atoms with Crippen molar-refractivity contribution in [3.63, 3.8) is 0 Å². The summed E-state index contributed by atoms with van der Waals surface area (Å²) in [5, 5.41) is 2.97. The van der Waals surface area contributed by atoms with Crippen molar-refractivity contribution in [2.75, 3.05) is 5.32 Å². The second-order valence-electron chi connectivity index (χ2n) is 6.93. The van der Waals surface area contributed by atoms with Gasteiger partial charge in [0, 0.05) is 23.6 Å². The molecule has 148 valence electrons. The average molecular weight is 417 g/mol. The monoisotopic (exact) mass is 416 g/mol. The van der Waals surface area contributed by atoms with Crippen LogP contribution in [0.15, 0.2) is 82.7 Å². The van der Waals surface area contributed by atoms with Crippen molar-refractivity contribution in [2.24, 2.45) is 4.99 Å². The van der Waals surface area contributed by atoms with Gasteiger partial charge in [0.1, 0.15) is 6.26 Å². The number of halogens is 1.